The Balaban J connectivity index is 1.35. The molecule has 0 atom stereocenters. The van der Waals surface area contributed by atoms with Crippen molar-refractivity contribution in [1.29, 1.82) is 0 Å². The number of likely N-dealkylation sites (tertiary alicyclic amines) is 1. The van der Waals surface area contributed by atoms with E-state index in [1.54, 1.807) is 38.1 Å². The molecule has 36 heavy (non-hydrogen) atoms. The number of amides is 1. The van der Waals surface area contributed by atoms with Crippen molar-refractivity contribution >= 4 is 28.4 Å². The number of ether oxygens (including phenoxy) is 1. The minimum absolute atomic E-state index is 0.110. The molecule has 1 aliphatic heterocycles. The minimum atomic E-state index is -4.27. The summed E-state index contributed by atoms with van der Waals surface area (Å²) in [6, 6.07) is 6.17. The van der Waals surface area contributed by atoms with E-state index < -0.39 is 24.6 Å². The molecular weight excluding hydrogens is 481 g/mol. The van der Waals surface area contributed by atoms with Crippen molar-refractivity contribution in [3.8, 4) is 11.5 Å². The number of benzene rings is 1. The zero-order valence-electron chi connectivity index (χ0n) is 19.2. The summed E-state index contributed by atoms with van der Waals surface area (Å²) in [5.41, 5.74) is 1.82. The molecule has 0 unspecified atom stereocenters. The van der Waals surface area contributed by atoms with Crippen LogP contribution in [0, 0.1) is 13.8 Å². The molecule has 4 aromatic rings. The third kappa shape index (κ3) is 4.35. The highest BCUT2D eigenvalue weighted by molar-refractivity contribution is 6.07. The predicted molar refractivity (Wildman–Crippen MR) is 122 cm³/mol. The van der Waals surface area contributed by atoms with Gasteiger partial charge in [-0.3, -0.25) is 9.69 Å². The van der Waals surface area contributed by atoms with Gasteiger partial charge in [-0.15, -0.1) is 0 Å². The van der Waals surface area contributed by atoms with Gasteiger partial charge in [0.05, 0.1) is 29.9 Å². The summed E-state index contributed by atoms with van der Waals surface area (Å²) in [5, 5.41) is 16.8. The highest BCUT2D eigenvalue weighted by Gasteiger charge is 2.38. The van der Waals surface area contributed by atoms with Crippen molar-refractivity contribution in [3.63, 3.8) is 0 Å². The van der Waals surface area contributed by atoms with Crippen LogP contribution in [-0.2, 0) is 0 Å². The number of hydrogen-bond donors (Lipinski definition) is 2. The van der Waals surface area contributed by atoms with E-state index in [2.05, 4.69) is 10.4 Å². The lowest BCUT2D eigenvalue weighted by Crippen LogP contribution is -2.60. The maximum atomic E-state index is 12.9. The first-order valence-corrected chi connectivity index (χ1v) is 11.0. The Morgan fingerprint density at radius 2 is 2.00 bits per heavy atom. The third-order valence-electron chi connectivity index (χ3n) is 6.11. The summed E-state index contributed by atoms with van der Waals surface area (Å²) in [7, 11) is 0. The van der Waals surface area contributed by atoms with E-state index in [0.29, 0.717) is 44.9 Å². The number of carbonyl (C=O) groups excluding carboxylic acids is 1. The van der Waals surface area contributed by atoms with Gasteiger partial charge in [-0.2, -0.15) is 18.3 Å². The van der Waals surface area contributed by atoms with E-state index in [0.717, 1.165) is 0 Å². The maximum absolute atomic E-state index is 12.9. The summed E-state index contributed by atoms with van der Waals surface area (Å²) in [4.78, 5) is 25.6. The second-order valence-electron chi connectivity index (χ2n) is 8.73. The van der Waals surface area contributed by atoms with E-state index >= 15 is 0 Å². The number of alkyl halides is 3. The largest absolute Gasteiger partial charge is 0.478 e. The molecule has 1 aliphatic rings. The van der Waals surface area contributed by atoms with Gasteiger partial charge in [0, 0.05) is 36.8 Å². The Kier molecular flexibility index (Phi) is 5.62. The number of nitrogens with one attached hydrogen (secondary N) is 1. The average molecular weight is 502 g/mol. The van der Waals surface area contributed by atoms with E-state index in [1.807, 2.05) is 0 Å². The number of aromatic nitrogens is 2. The number of carboxylic acids is 1. The molecule has 12 heteroatoms. The number of carbonyl (C=O) groups is 2. The monoisotopic (exact) mass is 502 g/mol. The Hall–Kier alpha value is -4.06. The number of carboxylic acid groups (broad SMARTS) is 1. The fraction of sp³-hybridized carbons (Fsp3) is 0.292. The molecule has 188 valence electrons. The Bertz CT molecular complexity index is 1500. The van der Waals surface area contributed by atoms with Crippen LogP contribution in [0.2, 0.25) is 0 Å². The topological polar surface area (TPSA) is 109 Å². The van der Waals surface area contributed by atoms with Gasteiger partial charge in [-0.25, -0.2) is 9.31 Å². The molecule has 0 saturated carbocycles. The summed E-state index contributed by atoms with van der Waals surface area (Å²) in [6.07, 6.45) is -1.37. The van der Waals surface area contributed by atoms with Gasteiger partial charge in [0.1, 0.15) is 22.6 Å². The number of hydrogen-bond acceptors (Lipinski definition) is 6. The molecule has 5 rings (SSSR count). The Labute approximate surface area is 202 Å². The molecule has 2 N–H and O–H groups in total. The number of aromatic carboxylic acids is 1. The number of aryl methyl sites for hydroxylation is 2. The van der Waals surface area contributed by atoms with Crippen molar-refractivity contribution in [2.45, 2.75) is 26.1 Å². The number of rotatable bonds is 6. The van der Waals surface area contributed by atoms with Crippen LogP contribution < -0.4 is 10.1 Å². The number of furan rings is 1. The quantitative estimate of drug-likeness (QED) is 0.407. The van der Waals surface area contributed by atoms with Gasteiger partial charge in [-0.1, -0.05) is 0 Å². The molecule has 0 radical (unpaired) electrons. The van der Waals surface area contributed by atoms with Crippen LogP contribution in [0.25, 0.3) is 16.5 Å². The van der Waals surface area contributed by atoms with E-state index in [9.17, 15) is 27.9 Å². The van der Waals surface area contributed by atoms with Crippen LogP contribution >= 0.6 is 0 Å². The first-order chi connectivity index (χ1) is 17.0. The van der Waals surface area contributed by atoms with Gasteiger partial charge >= 0.3 is 12.1 Å². The van der Waals surface area contributed by atoms with Crippen LogP contribution in [0.5, 0.6) is 11.5 Å². The lowest BCUT2D eigenvalue weighted by Gasteiger charge is -2.39. The molecule has 1 saturated heterocycles. The van der Waals surface area contributed by atoms with E-state index in [1.165, 1.54) is 21.8 Å². The van der Waals surface area contributed by atoms with Crippen molar-refractivity contribution in [1.82, 2.24) is 19.8 Å². The fourth-order valence-electron chi connectivity index (χ4n) is 4.49. The van der Waals surface area contributed by atoms with E-state index in [4.69, 9.17) is 9.15 Å². The molecule has 0 aliphatic carbocycles. The second-order valence-corrected chi connectivity index (χ2v) is 8.73. The second kappa shape index (κ2) is 8.55. The standard InChI is InChI=1S/C24H21F3N4O5/c1-12-17(23(33)34)10-31-21(12)18(5-6-28-31)36-15-3-4-16-19(7-15)35-13(2)20(16)22(32)29-14-8-30(9-14)11-24(25,26)27/h3-7,10,14H,8-9,11H2,1-2H3,(H,29,32)(H,33,34). The number of halogens is 3. The Morgan fingerprint density at radius 3 is 2.69 bits per heavy atom. The van der Waals surface area contributed by atoms with Crippen molar-refractivity contribution in [3.05, 3.63) is 59.1 Å². The van der Waals surface area contributed by atoms with Gasteiger partial charge < -0.3 is 19.6 Å². The fourth-order valence-corrected chi connectivity index (χ4v) is 4.49. The van der Waals surface area contributed by atoms with Gasteiger partial charge in [-0.05, 0) is 31.5 Å². The Morgan fingerprint density at radius 1 is 1.25 bits per heavy atom. The number of nitrogens with zero attached hydrogens (tertiary/aromatic N) is 3. The van der Waals surface area contributed by atoms with Crippen LogP contribution in [-0.4, -0.2) is 63.3 Å². The highest BCUT2D eigenvalue weighted by atomic mass is 19.4. The molecule has 3 aromatic heterocycles. The minimum Gasteiger partial charge on any atom is -0.478 e. The third-order valence-corrected chi connectivity index (χ3v) is 6.11. The van der Waals surface area contributed by atoms with Gasteiger partial charge in [0.15, 0.2) is 5.75 Å². The normalized spacial score (nSPS) is 14.8. The highest BCUT2D eigenvalue weighted by Crippen LogP contribution is 2.34. The molecular formula is C24H21F3N4O5. The predicted octanol–water partition coefficient (Wildman–Crippen LogP) is 4.16. The van der Waals surface area contributed by atoms with Crippen molar-refractivity contribution in [2.75, 3.05) is 19.6 Å². The molecule has 1 fully saturated rings. The number of fused-ring (bicyclic) bond motifs is 2. The molecule has 0 spiro atoms. The summed E-state index contributed by atoms with van der Waals surface area (Å²) in [5.74, 6) is -0.333. The molecule has 1 amide bonds. The summed E-state index contributed by atoms with van der Waals surface area (Å²) >= 11 is 0. The maximum Gasteiger partial charge on any atom is 0.401 e. The van der Waals surface area contributed by atoms with Gasteiger partial charge in [0.2, 0.25) is 0 Å². The van der Waals surface area contributed by atoms with Crippen LogP contribution in [0.3, 0.4) is 0 Å². The summed E-state index contributed by atoms with van der Waals surface area (Å²) < 4.78 is 50.7. The van der Waals surface area contributed by atoms with Crippen molar-refractivity contribution in [2.24, 2.45) is 0 Å². The molecule has 1 aromatic carbocycles. The van der Waals surface area contributed by atoms with Crippen LogP contribution in [0.1, 0.15) is 32.0 Å². The van der Waals surface area contributed by atoms with Crippen LogP contribution in [0.15, 0.2) is 41.1 Å². The summed E-state index contributed by atoms with van der Waals surface area (Å²) in [6.45, 7) is 2.56. The molecule has 0 bridgehead atoms. The SMILES string of the molecule is Cc1oc2cc(Oc3ccnn4cc(C(=O)O)c(C)c34)ccc2c1C(=O)NC1CN(CC(F)(F)F)C1. The average Bonchev–Trinajstić information content (AvgIpc) is 3.27. The lowest BCUT2D eigenvalue weighted by molar-refractivity contribution is -0.155. The zero-order chi connectivity index (χ0) is 25.8. The first-order valence-electron chi connectivity index (χ1n) is 11.0. The molecule has 9 nitrogen and oxygen atoms in total. The van der Waals surface area contributed by atoms with Crippen LogP contribution in [0.4, 0.5) is 13.2 Å². The van der Waals surface area contributed by atoms with Crippen molar-refractivity contribution < 1.29 is 37.0 Å². The lowest BCUT2D eigenvalue weighted by atomic mass is 10.1. The zero-order valence-corrected chi connectivity index (χ0v) is 19.2. The molecule has 4 heterocycles. The first kappa shape index (κ1) is 23.7. The smallest absolute Gasteiger partial charge is 0.401 e. The van der Waals surface area contributed by atoms with Gasteiger partial charge in [0.25, 0.3) is 5.91 Å². The van der Waals surface area contributed by atoms with E-state index in [-0.39, 0.29) is 24.7 Å².